The largest absolute Gasteiger partial charge is 0.490 e. The van der Waals surface area contributed by atoms with E-state index in [1.165, 1.54) is 19.2 Å². The van der Waals surface area contributed by atoms with Crippen LogP contribution in [0.1, 0.15) is 43.2 Å². The zero-order valence-corrected chi connectivity index (χ0v) is 21.6. The van der Waals surface area contributed by atoms with Crippen molar-refractivity contribution in [3.05, 3.63) is 34.5 Å². The van der Waals surface area contributed by atoms with Gasteiger partial charge in [0, 0.05) is 76.1 Å². The minimum Gasteiger partial charge on any atom is -0.490 e. The third-order valence-corrected chi connectivity index (χ3v) is 7.55. The molecule has 0 aliphatic carbocycles. The predicted molar refractivity (Wildman–Crippen MR) is 137 cm³/mol. The number of hydrogen-bond donors (Lipinski definition) is 2. The molecule has 12 heteroatoms. The van der Waals surface area contributed by atoms with E-state index in [4.69, 9.17) is 14.9 Å². The first-order chi connectivity index (χ1) is 18.1. The molecule has 1 saturated heterocycles. The maximum atomic E-state index is 14.3. The Morgan fingerprint density at radius 2 is 1.95 bits per heavy atom. The molecule has 1 unspecified atom stereocenters. The van der Waals surface area contributed by atoms with Gasteiger partial charge in [-0.3, -0.25) is 15.2 Å². The van der Waals surface area contributed by atoms with Gasteiger partial charge >= 0.3 is 6.18 Å². The molecule has 4 heterocycles. The number of carbonyl (C=O) groups is 1. The summed E-state index contributed by atoms with van der Waals surface area (Å²) in [6.45, 7) is 4.34. The molecule has 2 N–H and O–H groups in total. The first kappa shape index (κ1) is 26.3. The maximum absolute atomic E-state index is 14.3. The third kappa shape index (κ3) is 5.31. The second kappa shape index (κ2) is 10.5. The number of nitrogens with one attached hydrogen (secondary N) is 2. The molecule has 0 spiro atoms. The van der Waals surface area contributed by atoms with Crippen LogP contribution in [-0.2, 0) is 15.7 Å². The van der Waals surface area contributed by atoms with Crippen LogP contribution in [0.2, 0.25) is 0 Å². The quantitative estimate of drug-likeness (QED) is 0.456. The third-order valence-electron chi connectivity index (χ3n) is 7.55. The Morgan fingerprint density at radius 1 is 1.18 bits per heavy atom. The van der Waals surface area contributed by atoms with Crippen molar-refractivity contribution >= 4 is 23.6 Å². The highest BCUT2D eigenvalue weighted by atomic mass is 19.4. The van der Waals surface area contributed by atoms with Crippen molar-refractivity contribution in [2.45, 2.75) is 44.3 Å². The molecule has 1 aromatic carbocycles. The van der Waals surface area contributed by atoms with E-state index in [2.05, 4.69) is 10.4 Å². The Balaban J connectivity index is 1.52. The molecular weight excluding hydrogens is 501 g/mol. The van der Waals surface area contributed by atoms with E-state index in [9.17, 15) is 18.0 Å². The fourth-order valence-electron chi connectivity index (χ4n) is 5.47. The van der Waals surface area contributed by atoms with E-state index in [1.807, 2.05) is 0 Å². The van der Waals surface area contributed by atoms with Gasteiger partial charge in [0.15, 0.2) is 0 Å². The summed E-state index contributed by atoms with van der Waals surface area (Å²) in [6.07, 6.45) is -0.850. The minimum absolute atomic E-state index is 0.0816. The summed E-state index contributed by atoms with van der Waals surface area (Å²) in [7, 11) is 1.72. The van der Waals surface area contributed by atoms with Crippen LogP contribution >= 0.6 is 0 Å². The fraction of sp³-hybridized carbons (Fsp3) is 0.577. The lowest BCUT2D eigenvalue weighted by molar-refractivity contribution is -0.138. The summed E-state index contributed by atoms with van der Waals surface area (Å²) >= 11 is 0. The molecular formula is C26H33F3N6O3. The number of amides is 1. The molecule has 4 aliphatic heterocycles. The summed E-state index contributed by atoms with van der Waals surface area (Å²) in [4.78, 5) is 15.5. The van der Waals surface area contributed by atoms with Crippen LogP contribution in [0.15, 0.2) is 28.5 Å². The molecule has 38 heavy (non-hydrogen) atoms. The van der Waals surface area contributed by atoms with Crippen molar-refractivity contribution in [1.29, 1.82) is 5.41 Å². The van der Waals surface area contributed by atoms with Gasteiger partial charge in [0.25, 0.3) is 0 Å². The van der Waals surface area contributed by atoms with Gasteiger partial charge in [-0.2, -0.15) is 18.3 Å². The number of hydrogen-bond acceptors (Lipinski definition) is 7. The van der Waals surface area contributed by atoms with Crippen molar-refractivity contribution in [1.82, 2.24) is 15.2 Å². The number of carbonyl (C=O) groups excluding carboxylic acids is 1. The maximum Gasteiger partial charge on any atom is 0.416 e. The number of hydrazone groups is 1. The van der Waals surface area contributed by atoms with Crippen LogP contribution in [0.4, 0.5) is 18.9 Å². The Kier molecular flexibility index (Phi) is 7.26. The highest BCUT2D eigenvalue weighted by molar-refractivity contribution is 6.09. The number of anilines is 1. The highest BCUT2D eigenvalue weighted by Gasteiger charge is 2.39. The van der Waals surface area contributed by atoms with Crippen LogP contribution < -0.4 is 15.0 Å². The Morgan fingerprint density at radius 3 is 2.61 bits per heavy atom. The Bertz CT molecular complexity index is 1160. The minimum atomic E-state index is -4.59. The molecule has 5 rings (SSSR count). The zero-order valence-electron chi connectivity index (χ0n) is 21.6. The summed E-state index contributed by atoms with van der Waals surface area (Å²) in [5.74, 6) is -0.223. The van der Waals surface area contributed by atoms with Crippen LogP contribution in [0.25, 0.3) is 0 Å². The molecule has 206 valence electrons. The van der Waals surface area contributed by atoms with E-state index in [1.54, 1.807) is 21.9 Å². The summed E-state index contributed by atoms with van der Waals surface area (Å²) in [6, 6.07) is 2.74. The summed E-state index contributed by atoms with van der Waals surface area (Å²) in [5, 5.41) is 18.4. The highest BCUT2D eigenvalue weighted by Crippen LogP contribution is 2.44. The van der Waals surface area contributed by atoms with Crippen LogP contribution in [0.5, 0.6) is 5.75 Å². The number of benzene rings is 1. The molecule has 0 bridgehead atoms. The predicted octanol–water partition coefficient (Wildman–Crippen LogP) is 3.17. The van der Waals surface area contributed by atoms with Gasteiger partial charge in [0.2, 0.25) is 5.91 Å². The average Bonchev–Trinajstić information content (AvgIpc) is 3.33. The van der Waals surface area contributed by atoms with Gasteiger partial charge < -0.3 is 24.6 Å². The fourth-order valence-corrected chi connectivity index (χ4v) is 5.47. The van der Waals surface area contributed by atoms with E-state index >= 15 is 0 Å². The molecule has 4 aliphatic rings. The van der Waals surface area contributed by atoms with Crippen molar-refractivity contribution in [3.8, 4) is 5.75 Å². The number of rotatable bonds is 4. The first-order valence-corrected chi connectivity index (χ1v) is 12.9. The Labute approximate surface area is 219 Å². The normalized spacial score (nSPS) is 22.4. The Hall–Kier alpha value is -3.28. The van der Waals surface area contributed by atoms with E-state index in [0.717, 1.165) is 24.6 Å². The molecule has 1 fully saturated rings. The van der Waals surface area contributed by atoms with E-state index < -0.39 is 17.7 Å². The second-order valence-electron chi connectivity index (χ2n) is 10.1. The summed E-state index contributed by atoms with van der Waals surface area (Å²) < 4.78 is 54.1. The summed E-state index contributed by atoms with van der Waals surface area (Å²) in [5.41, 5.74) is 1.05. The van der Waals surface area contributed by atoms with Crippen molar-refractivity contribution in [2.24, 2.45) is 5.10 Å². The average molecular weight is 535 g/mol. The molecule has 1 atom stereocenters. The molecule has 1 amide bonds. The van der Waals surface area contributed by atoms with Crippen LogP contribution in [0.3, 0.4) is 0 Å². The lowest BCUT2D eigenvalue weighted by atomic mass is 9.93. The molecule has 9 nitrogen and oxygen atoms in total. The van der Waals surface area contributed by atoms with Gasteiger partial charge in [-0.1, -0.05) is 0 Å². The number of nitrogens with zero attached hydrogens (tertiary/aromatic N) is 4. The number of ether oxygens (including phenoxy) is 2. The van der Waals surface area contributed by atoms with Crippen molar-refractivity contribution in [2.75, 3.05) is 57.9 Å². The monoisotopic (exact) mass is 534 g/mol. The lowest BCUT2D eigenvalue weighted by Crippen LogP contribution is -2.47. The van der Waals surface area contributed by atoms with Crippen molar-refractivity contribution in [3.63, 3.8) is 0 Å². The van der Waals surface area contributed by atoms with Crippen LogP contribution in [-0.4, -0.2) is 87.0 Å². The van der Waals surface area contributed by atoms with Gasteiger partial charge in [-0.15, -0.1) is 0 Å². The number of likely N-dealkylation sites (N-methyl/N-ethyl adjacent to an activating group) is 1. The number of fused-ring (bicyclic) bond motifs is 1. The number of alkyl halides is 3. The zero-order chi connectivity index (χ0) is 27.0. The smallest absolute Gasteiger partial charge is 0.416 e. The standard InChI is InChI=1S/C26H33F3N6O3/c1-16(36)34-6-3-22(32-18-4-8-37-9-5-18)20(15-34)25(30)35-7-10-38-24-11-19(17-13-31-33(2)14-17)21(12-23(24)35)26(27,28)29/h11-13,17-18,30,32H,3-10,14-15H2,1-2H3. The van der Waals surface area contributed by atoms with Gasteiger partial charge in [-0.25, -0.2) is 0 Å². The molecule has 0 radical (unpaired) electrons. The first-order valence-electron chi connectivity index (χ1n) is 12.9. The molecule has 0 aromatic heterocycles. The number of halogens is 3. The van der Waals surface area contributed by atoms with E-state index in [-0.39, 0.29) is 48.7 Å². The van der Waals surface area contributed by atoms with Crippen LogP contribution in [0, 0.1) is 5.41 Å². The van der Waals surface area contributed by atoms with E-state index in [0.29, 0.717) is 44.0 Å². The SMILES string of the molecule is CC(=O)N1CCC(NC2CCOCC2)=C(C(=N)N2CCOc3cc(C4C=NN(C)C4)c(C(F)(F)F)cc32)C1. The molecule has 0 saturated carbocycles. The van der Waals surface area contributed by atoms with Gasteiger partial charge in [-0.05, 0) is 30.5 Å². The van der Waals surface area contributed by atoms with Crippen molar-refractivity contribution < 1.29 is 27.4 Å². The second-order valence-corrected chi connectivity index (χ2v) is 10.1. The lowest BCUT2D eigenvalue weighted by Gasteiger charge is -2.38. The van der Waals surface area contributed by atoms with Gasteiger partial charge in [0.1, 0.15) is 18.2 Å². The topological polar surface area (TPSA) is 93.5 Å². The van der Waals surface area contributed by atoms with Gasteiger partial charge in [0.05, 0.1) is 24.3 Å². The molecule has 1 aromatic rings. The number of amidine groups is 1.